The van der Waals surface area contributed by atoms with Crippen molar-refractivity contribution in [2.24, 2.45) is 0 Å². The van der Waals surface area contributed by atoms with Crippen molar-refractivity contribution in [1.82, 2.24) is 4.90 Å². The van der Waals surface area contributed by atoms with Crippen LogP contribution >= 0.6 is 11.6 Å². The number of aryl methyl sites for hydroxylation is 2. The fourth-order valence-corrected chi connectivity index (χ4v) is 4.41. The first-order chi connectivity index (χ1) is 18.5. The average Bonchev–Trinajstić information content (AvgIpc) is 2.92. The van der Waals surface area contributed by atoms with Gasteiger partial charge in [0, 0.05) is 30.1 Å². The average molecular weight is 530 g/mol. The van der Waals surface area contributed by atoms with Crippen LogP contribution < -0.4 is 4.74 Å². The summed E-state index contributed by atoms with van der Waals surface area (Å²) in [6.07, 6.45) is 2.69. The predicted molar refractivity (Wildman–Crippen MR) is 152 cm³/mol. The molecular weight excluding hydrogens is 498 g/mol. The SMILES string of the molecule is Cc1cc(OC/C=C(\c2ccc(Cl)cc2)c2ccc(C#CCN3CCOCC3)cc2)ccc1CCC(=O)O. The molecule has 196 valence electrons. The van der Waals surface area contributed by atoms with E-state index in [1.165, 1.54) is 0 Å². The van der Waals surface area contributed by atoms with Gasteiger partial charge in [-0.3, -0.25) is 9.69 Å². The van der Waals surface area contributed by atoms with E-state index in [2.05, 4.69) is 34.9 Å². The first kappa shape index (κ1) is 27.5. The summed E-state index contributed by atoms with van der Waals surface area (Å²) in [7, 11) is 0. The van der Waals surface area contributed by atoms with Gasteiger partial charge < -0.3 is 14.6 Å². The molecule has 0 unspecified atom stereocenters. The van der Waals surface area contributed by atoms with Crippen LogP contribution in [0.5, 0.6) is 5.75 Å². The minimum absolute atomic E-state index is 0.118. The van der Waals surface area contributed by atoms with E-state index >= 15 is 0 Å². The van der Waals surface area contributed by atoms with Crippen molar-refractivity contribution in [2.75, 3.05) is 39.5 Å². The lowest BCUT2D eigenvalue weighted by Gasteiger charge is -2.24. The zero-order valence-electron chi connectivity index (χ0n) is 21.6. The lowest BCUT2D eigenvalue weighted by molar-refractivity contribution is -0.136. The Morgan fingerprint density at radius 3 is 2.39 bits per heavy atom. The van der Waals surface area contributed by atoms with Crippen LogP contribution in [0, 0.1) is 18.8 Å². The highest BCUT2D eigenvalue weighted by Crippen LogP contribution is 2.26. The Bertz CT molecular complexity index is 1310. The number of carboxylic acids is 1. The Labute approximate surface area is 229 Å². The second kappa shape index (κ2) is 13.8. The van der Waals surface area contributed by atoms with Crippen molar-refractivity contribution >= 4 is 23.1 Å². The normalized spacial score (nSPS) is 14.0. The van der Waals surface area contributed by atoms with Gasteiger partial charge in [-0.15, -0.1) is 0 Å². The highest BCUT2D eigenvalue weighted by Gasteiger charge is 2.09. The molecule has 0 bridgehead atoms. The molecule has 0 saturated carbocycles. The van der Waals surface area contributed by atoms with E-state index in [4.69, 9.17) is 26.2 Å². The van der Waals surface area contributed by atoms with E-state index in [9.17, 15) is 4.79 Å². The fourth-order valence-electron chi connectivity index (χ4n) is 4.28. The van der Waals surface area contributed by atoms with Gasteiger partial charge in [0.1, 0.15) is 12.4 Å². The van der Waals surface area contributed by atoms with E-state index < -0.39 is 5.97 Å². The van der Waals surface area contributed by atoms with Crippen LogP contribution in [0.3, 0.4) is 0 Å². The van der Waals surface area contributed by atoms with E-state index in [0.29, 0.717) is 18.1 Å². The Balaban J connectivity index is 1.46. The van der Waals surface area contributed by atoms with Crippen LogP contribution in [0.1, 0.15) is 34.2 Å². The Morgan fingerprint density at radius 1 is 1.05 bits per heavy atom. The summed E-state index contributed by atoms with van der Waals surface area (Å²) in [6.45, 7) is 6.52. The molecule has 3 aromatic rings. The zero-order chi connectivity index (χ0) is 26.7. The number of hydrogen-bond donors (Lipinski definition) is 1. The first-order valence-corrected chi connectivity index (χ1v) is 13.2. The summed E-state index contributed by atoms with van der Waals surface area (Å²) in [6, 6.07) is 21.8. The second-order valence-corrected chi connectivity index (χ2v) is 9.62. The fraction of sp³-hybridized carbons (Fsp3) is 0.281. The highest BCUT2D eigenvalue weighted by molar-refractivity contribution is 6.30. The Kier molecular flexibility index (Phi) is 10.0. The molecular formula is C32H32ClNO4. The molecule has 1 N–H and O–H groups in total. The number of rotatable bonds is 9. The largest absolute Gasteiger partial charge is 0.490 e. The van der Waals surface area contributed by atoms with Crippen LogP contribution in [0.4, 0.5) is 0 Å². The summed E-state index contributed by atoms with van der Waals surface area (Å²) in [5.41, 5.74) is 6.18. The summed E-state index contributed by atoms with van der Waals surface area (Å²) in [5, 5.41) is 9.63. The summed E-state index contributed by atoms with van der Waals surface area (Å²) < 4.78 is 11.4. The molecule has 0 atom stereocenters. The van der Waals surface area contributed by atoms with Gasteiger partial charge in [0.05, 0.1) is 19.8 Å². The van der Waals surface area contributed by atoms with Crippen LogP contribution in [-0.4, -0.2) is 55.4 Å². The molecule has 3 aromatic carbocycles. The molecule has 38 heavy (non-hydrogen) atoms. The molecule has 1 fully saturated rings. The van der Waals surface area contributed by atoms with Gasteiger partial charge in [0.15, 0.2) is 0 Å². The number of halogens is 1. The number of benzene rings is 3. The van der Waals surface area contributed by atoms with Crippen LogP contribution in [0.15, 0.2) is 72.8 Å². The maximum atomic E-state index is 10.9. The van der Waals surface area contributed by atoms with Crippen molar-refractivity contribution in [3.63, 3.8) is 0 Å². The number of morpholine rings is 1. The molecule has 0 spiro atoms. The van der Waals surface area contributed by atoms with Gasteiger partial charge in [-0.1, -0.05) is 53.8 Å². The molecule has 1 aliphatic heterocycles. The van der Waals surface area contributed by atoms with Crippen molar-refractivity contribution < 1.29 is 19.4 Å². The minimum atomic E-state index is -0.794. The maximum absolute atomic E-state index is 10.9. The number of nitrogens with zero attached hydrogens (tertiary/aromatic N) is 1. The van der Waals surface area contributed by atoms with E-state index in [0.717, 1.165) is 72.0 Å². The van der Waals surface area contributed by atoms with Gasteiger partial charge in [-0.05, 0) is 83.6 Å². The third kappa shape index (κ3) is 8.22. The number of carbonyl (C=O) groups is 1. The summed E-state index contributed by atoms with van der Waals surface area (Å²) in [4.78, 5) is 13.2. The number of ether oxygens (including phenoxy) is 2. The van der Waals surface area contributed by atoms with Gasteiger partial charge in [-0.25, -0.2) is 0 Å². The lowest BCUT2D eigenvalue weighted by atomic mass is 9.97. The molecule has 0 radical (unpaired) electrons. The van der Waals surface area contributed by atoms with Crippen molar-refractivity contribution in [2.45, 2.75) is 19.8 Å². The molecule has 0 aromatic heterocycles. The topological polar surface area (TPSA) is 59.0 Å². The zero-order valence-corrected chi connectivity index (χ0v) is 22.3. The van der Waals surface area contributed by atoms with Crippen LogP contribution in [0.25, 0.3) is 5.57 Å². The van der Waals surface area contributed by atoms with Gasteiger partial charge >= 0.3 is 5.97 Å². The molecule has 6 heteroatoms. The quantitative estimate of drug-likeness (QED) is 0.352. The van der Waals surface area contributed by atoms with Crippen molar-refractivity contribution in [3.05, 3.63) is 106 Å². The summed E-state index contributed by atoms with van der Waals surface area (Å²) >= 11 is 6.14. The van der Waals surface area contributed by atoms with E-state index in [1.807, 2.05) is 61.5 Å². The Morgan fingerprint density at radius 2 is 1.74 bits per heavy atom. The van der Waals surface area contributed by atoms with Crippen molar-refractivity contribution in [3.8, 4) is 17.6 Å². The number of aliphatic carboxylic acids is 1. The van der Waals surface area contributed by atoms with Crippen molar-refractivity contribution in [1.29, 1.82) is 0 Å². The monoisotopic (exact) mass is 529 g/mol. The molecule has 1 heterocycles. The lowest BCUT2D eigenvalue weighted by Crippen LogP contribution is -2.36. The molecule has 4 rings (SSSR count). The van der Waals surface area contributed by atoms with Crippen LogP contribution in [-0.2, 0) is 16.0 Å². The van der Waals surface area contributed by atoms with Gasteiger partial charge in [0.25, 0.3) is 0 Å². The number of carboxylic acid groups (broad SMARTS) is 1. The van der Waals surface area contributed by atoms with Crippen LogP contribution in [0.2, 0.25) is 5.02 Å². The molecule has 0 amide bonds. The predicted octanol–water partition coefficient (Wildman–Crippen LogP) is 5.86. The third-order valence-electron chi connectivity index (χ3n) is 6.45. The van der Waals surface area contributed by atoms with E-state index in [1.54, 1.807) is 0 Å². The molecule has 0 aliphatic carbocycles. The minimum Gasteiger partial charge on any atom is -0.490 e. The second-order valence-electron chi connectivity index (χ2n) is 9.19. The smallest absolute Gasteiger partial charge is 0.303 e. The Hall–Kier alpha value is -3.56. The van der Waals surface area contributed by atoms with E-state index in [-0.39, 0.29) is 6.42 Å². The highest BCUT2D eigenvalue weighted by atomic mass is 35.5. The third-order valence-corrected chi connectivity index (χ3v) is 6.70. The maximum Gasteiger partial charge on any atom is 0.303 e. The molecule has 1 aliphatic rings. The molecule has 5 nitrogen and oxygen atoms in total. The number of hydrogen-bond acceptors (Lipinski definition) is 4. The summed E-state index contributed by atoms with van der Waals surface area (Å²) in [5.74, 6) is 6.50. The standard InChI is InChI=1S/C32H32ClNO4/c1-24-23-30(14-10-26(24)11-15-32(35)36)38-20-16-31(28-8-12-29(33)13-9-28)27-6-4-25(5-7-27)3-2-17-34-18-21-37-22-19-34/h4-10,12-14,16,23H,11,15,17-22H2,1H3,(H,35,36)/b31-16-. The molecule has 1 saturated heterocycles. The van der Waals surface area contributed by atoms with Gasteiger partial charge in [0.2, 0.25) is 0 Å². The first-order valence-electron chi connectivity index (χ1n) is 12.8. The van der Waals surface area contributed by atoms with Gasteiger partial charge in [-0.2, -0.15) is 0 Å².